The van der Waals surface area contributed by atoms with Gasteiger partial charge < -0.3 is 19.5 Å². The van der Waals surface area contributed by atoms with E-state index >= 15 is 0 Å². The molecule has 224 valence electrons. The van der Waals surface area contributed by atoms with Crippen LogP contribution in [0.5, 0.6) is 17.2 Å². The normalized spacial score (nSPS) is 12.6. The average Bonchev–Trinajstić information content (AvgIpc) is 2.94. The standard InChI is InChI=1S/C31H34BrCl2N3O5/c1-5-40-28-15-22(13-24(32)29(28)41-18-19(2)3)17-35-37-31(39)26(14-21-9-7-6-8-10-21)36-30(38)20(4)42-27-12-11-23(33)16-25(27)34/h6-13,15-17,19-20,26H,5,14,18H2,1-4H3,(H,36,38)(H,37,39)/b35-17-/t20-,26+/m1/s1. The predicted octanol–water partition coefficient (Wildman–Crippen LogP) is 6.83. The number of amides is 2. The predicted molar refractivity (Wildman–Crippen MR) is 170 cm³/mol. The minimum atomic E-state index is -0.941. The van der Waals surface area contributed by atoms with E-state index in [1.807, 2.05) is 43.3 Å². The molecule has 2 amide bonds. The monoisotopic (exact) mass is 677 g/mol. The number of hydrogen-bond donors (Lipinski definition) is 2. The van der Waals surface area contributed by atoms with Crippen LogP contribution in [0.3, 0.4) is 0 Å². The lowest BCUT2D eigenvalue weighted by molar-refractivity contribution is -0.132. The quantitative estimate of drug-likeness (QED) is 0.144. The summed E-state index contributed by atoms with van der Waals surface area (Å²) < 4.78 is 18.1. The molecule has 3 aromatic carbocycles. The SMILES string of the molecule is CCOc1cc(/C=N\NC(=O)[C@H](Cc2ccccc2)NC(=O)[C@@H](C)Oc2ccc(Cl)cc2Cl)cc(Br)c1OCC(C)C. The van der Waals surface area contributed by atoms with Crippen LogP contribution in [-0.4, -0.2) is 43.4 Å². The Hall–Kier alpha value is -3.27. The van der Waals surface area contributed by atoms with Crippen molar-refractivity contribution >= 4 is 57.2 Å². The fourth-order valence-electron chi connectivity index (χ4n) is 3.73. The van der Waals surface area contributed by atoms with E-state index in [0.29, 0.717) is 51.4 Å². The molecule has 0 radical (unpaired) electrons. The molecule has 0 spiro atoms. The van der Waals surface area contributed by atoms with E-state index in [2.05, 4.69) is 45.6 Å². The van der Waals surface area contributed by atoms with Gasteiger partial charge in [-0.05, 0) is 77.2 Å². The Morgan fingerprint density at radius 2 is 1.71 bits per heavy atom. The third kappa shape index (κ3) is 10.2. The van der Waals surface area contributed by atoms with Crippen molar-refractivity contribution in [2.45, 2.75) is 46.3 Å². The number of hydrazone groups is 1. The second-order valence-corrected chi connectivity index (χ2v) is 11.5. The van der Waals surface area contributed by atoms with Gasteiger partial charge in [0.25, 0.3) is 11.8 Å². The number of hydrogen-bond acceptors (Lipinski definition) is 6. The molecule has 0 aliphatic carbocycles. The van der Waals surface area contributed by atoms with E-state index in [1.54, 1.807) is 25.1 Å². The number of rotatable bonds is 14. The van der Waals surface area contributed by atoms with E-state index in [1.165, 1.54) is 12.3 Å². The number of carbonyl (C=O) groups is 2. The number of benzene rings is 3. The number of ether oxygens (including phenoxy) is 3. The summed E-state index contributed by atoms with van der Waals surface area (Å²) in [5.41, 5.74) is 4.07. The molecule has 0 fully saturated rings. The third-order valence-corrected chi connectivity index (χ3v) is 6.88. The van der Waals surface area contributed by atoms with Crippen LogP contribution >= 0.6 is 39.1 Å². The first-order chi connectivity index (χ1) is 20.1. The van der Waals surface area contributed by atoms with Crippen LogP contribution in [0.15, 0.2) is 70.2 Å². The molecule has 3 rings (SSSR count). The summed E-state index contributed by atoms with van der Waals surface area (Å²) in [4.78, 5) is 26.3. The van der Waals surface area contributed by atoms with Crippen molar-refractivity contribution in [2.24, 2.45) is 11.0 Å². The second kappa shape index (κ2) is 16.4. The lowest BCUT2D eigenvalue weighted by atomic mass is 10.1. The maximum Gasteiger partial charge on any atom is 0.262 e. The van der Waals surface area contributed by atoms with Crippen LogP contribution in [0.2, 0.25) is 10.0 Å². The fourth-order valence-corrected chi connectivity index (χ4v) is 4.75. The summed E-state index contributed by atoms with van der Waals surface area (Å²) >= 11 is 15.7. The van der Waals surface area contributed by atoms with Crippen molar-refractivity contribution in [3.05, 3.63) is 86.3 Å². The summed E-state index contributed by atoms with van der Waals surface area (Å²) in [6.45, 7) is 8.57. The van der Waals surface area contributed by atoms with Gasteiger partial charge in [0.1, 0.15) is 11.8 Å². The van der Waals surface area contributed by atoms with Crippen LogP contribution in [0.4, 0.5) is 0 Å². The molecule has 0 saturated carbocycles. The van der Waals surface area contributed by atoms with Gasteiger partial charge in [-0.3, -0.25) is 9.59 Å². The molecule has 42 heavy (non-hydrogen) atoms. The van der Waals surface area contributed by atoms with Gasteiger partial charge in [0.2, 0.25) is 0 Å². The highest BCUT2D eigenvalue weighted by Crippen LogP contribution is 2.37. The second-order valence-electron chi connectivity index (χ2n) is 9.79. The Morgan fingerprint density at radius 1 is 0.976 bits per heavy atom. The average molecular weight is 679 g/mol. The Morgan fingerprint density at radius 3 is 2.38 bits per heavy atom. The van der Waals surface area contributed by atoms with Gasteiger partial charge in [-0.15, -0.1) is 0 Å². The van der Waals surface area contributed by atoms with E-state index < -0.39 is 24.0 Å². The van der Waals surface area contributed by atoms with Crippen molar-refractivity contribution in [3.63, 3.8) is 0 Å². The number of nitrogens with zero attached hydrogens (tertiary/aromatic N) is 1. The topological polar surface area (TPSA) is 98.2 Å². The molecule has 8 nitrogen and oxygen atoms in total. The molecular formula is C31H34BrCl2N3O5. The van der Waals surface area contributed by atoms with Gasteiger partial charge in [-0.1, -0.05) is 67.4 Å². The summed E-state index contributed by atoms with van der Waals surface area (Å²) in [6, 6.07) is 16.7. The molecule has 0 aliphatic rings. The van der Waals surface area contributed by atoms with Crippen LogP contribution in [0.25, 0.3) is 0 Å². The van der Waals surface area contributed by atoms with Crippen molar-refractivity contribution in [2.75, 3.05) is 13.2 Å². The number of halogens is 3. The third-order valence-electron chi connectivity index (χ3n) is 5.76. The minimum absolute atomic E-state index is 0.240. The van der Waals surface area contributed by atoms with Crippen molar-refractivity contribution in [3.8, 4) is 17.2 Å². The highest BCUT2D eigenvalue weighted by molar-refractivity contribution is 9.10. The first-order valence-corrected chi connectivity index (χ1v) is 15.0. The van der Waals surface area contributed by atoms with Gasteiger partial charge in [0.15, 0.2) is 17.6 Å². The molecule has 0 unspecified atom stereocenters. The van der Waals surface area contributed by atoms with Crippen LogP contribution in [-0.2, 0) is 16.0 Å². The van der Waals surface area contributed by atoms with Crippen LogP contribution in [0.1, 0.15) is 38.8 Å². The molecule has 2 N–H and O–H groups in total. The molecule has 0 saturated heterocycles. The lowest BCUT2D eigenvalue weighted by Crippen LogP contribution is -2.50. The van der Waals surface area contributed by atoms with Crippen molar-refractivity contribution in [1.29, 1.82) is 0 Å². The molecule has 0 heterocycles. The molecule has 2 atom stereocenters. The Kier molecular flexibility index (Phi) is 13.0. The largest absolute Gasteiger partial charge is 0.490 e. The summed E-state index contributed by atoms with van der Waals surface area (Å²) in [7, 11) is 0. The van der Waals surface area contributed by atoms with Crippen molar-refractivity contribution in [1.82, 2.24) is 10.7 Å². The molecule has 0 bridgehead atoms. The van der Waals surface area contributed by atoms with Crippen LogP contribution < -0.4 is 25.0 Å². The zero-order chi connectivity index (χ0) is 30.6. The van der Waals surface area contributed by atoms with Gasteiger partial charge in [-0.2, -0.15) is 5.10 Å². The highest BCUT2D eigenvalue weighted by Gasteiger charge is 2.25. The van der Waals surface area contributed by atoms with Crippen LogP contribution in [0, 0.1) is 5.92 Å². The number of carbonyl (C=O) groups excluding carboxylic acids is 2. The lowest BCUT2D eigenvalue weighted by Gasteiger charge is -2.21. The fraction of sp³-hybridized carbons (Fsp3) is 0.323. The van der Waals surface area contributed by atoms with E-state index in [9.17, 15) is 9.59 Å². The minimum Gasteiger partial charge on any atom is -0.490 e. The van der Waals surface area contributed by atoms with E-state index in [0.717, 1.165) is 5.56 Å². The molecule has 3 aromatic rings. The van der Waals surface area contributed by atoms with E-state index in [4.69, 9.17) is 37.4 Å². The summed E-state index contributed by atoms with van der Waals surface area (Å²) in [5, 5.41) is 7.62. The highest BCUT2D eigenvalue weighted by atomic mass is 79.9. The van der Waals surface area contributed by atoms with Crippen molar-refractivity contribution < 1.29 is 23.8 Å². The first kappa shape index (κ1) is 33.2. The first-order valence-electron chi connectivity index (χ1n) is 13.4. The van der Waals surface area contributed by atoms with E-state index in [-0.39, 0.29) is 11.4 Å². The zero-order valence-electron chi connectivity index (χ0n) is 23.8. The molecule has 11 heteroatoms. The summed E-state index contributed by atoms with van der Waals surface area (Å²) in [6.07, 6.45) is 0.793. The Bertz CT molecular complexity index is 1390. The van der Waals surface area contributed by atoms with Gasteiger partial charge in [0, 0.05) is 11.4 Å². The Balaban J connectivity index is 1.73. The number of nitrogens with one attached hydrogen (secondary N) is 2. The molecule has 0 aliphatic heterocycles. The van der Waals surface area contributed by atoms with Gasteiger partial charge in [-0.25, -0.2) is 5.43 Å². The van der Waals surface area contributed by atoms with Gasteiger partial charge in [0.05, 0.1) is 28.9 Å². The maximum atomic E-state index is 13.2. The smallest absolute Gasteiger partial charge is 0.262 e. The van der Waals surface area contributed by atoms with Gasteiger partial charge >= 0.3 is 0 Å². The molecule has 0 aromatic heterocycles. The maximum absolute atomic E-state index is 13.2. The Labute approximate surface area is 264 Å². The summed E-state index contributed by atoms with van der Waals surface area (Å²) in [5.74, 6) is 0.815. The zero-order valence-corrected chi connectivity index (χ0v) is 26.9. The molecular weight excluding hydrogens is 645 g/mol.